The fraction of sp³-hybridized carbons (Fsp3) is 0.0833. The van der Waals surface area contributed by atoms with E-state index in [1.54, 1.807) is 0 Å². The SMILES string of the molecule is COC(=O)c1nc(Cl)nc(Nc2ccccc2)c1N. The quantitative estimate of drug-likeness (QED) is 0.661. The molecule has 0 spiro atoms. The number of esters is 1. The fourth-order valence-electron chi connectivity index (χ4n) is 1.45. The largest absolute Gasteiger partial charge is 0.464 e. The molecule has 1 aromatic heterocycles. The lowest BCUT2D eigenvalue weighted by atomic mass is 10.3. The van der Waals surface area contributed by atoms with Crippen LogP contribution in [0.1, 0.15) is 10.5 Å². The zero-order valence-electron chi connectivity index (χ0n) is 10.1. The van der Waals surface area contributed by atoms with Crippen molar-refractivity contribution in [3.05, 3.63) is 41.3 Å². The van der Waals surface area contributed by atoms with Crippen LogP contribution < -0.4 is 11.1 Å². The second-order valence-electron chi connectivity index (χ2n) is 3.59. The Hall–Kier alpha value is -2.34. The predicted octanol–water partition coefficient (Wildman–Crippen LogP) is 2.24. The van der Waals surface area contributed by atoms with Crippen LogP contribution in [0.15, 0.2) is 30.3 Å². The van der Waals surface area contributed by atoms with Crippen LogP contribution in [0, 0.1) is 0 Å². The average Bonchev–Trinajstić information content (AvgIpc) is 2.42. The van der Waals surface area contributed by atoms with E-state index in [1.165, 1.54) is 7.11 Å². The molecule has 0 saturated heterocycles. The lowest BCUT2D eigenvalue weighted by molar-refractivity contribution is 0.0595. The van der Waals surface area contributed by atoms with Gasteiger partial charge < -0.3 is 15.8 Å². The topological polar surface area (TPSA) is 90.1 Å². The van der Waals surface area contributed by atoms with Gasteiger partial charge in [0, 0.05) is 5.69 Å². The Bertz CT molecular complexity index is 604. The molecule has 98 valence electrons. The number of methoxy groups -OCH3 is 1. The number of aromatic nitrogens is 2. The maximum Gasteiger partial charge on any atom is 0.359 e. The summed E-state index contributed by atoms with van der Waals surface area (Å²) in [6.07, 6.45) is 0. The van der Waals surface area contributed by atoms with Crippen molar-refractivity contribution in [1.29, 1.82) is 0 Å². The van der Waals surface area contributed by atoms with Gasteiger partial charge in [-0.2, -0.15) is 4.98 Å². The van der Waals surface area contributed by atoms with Crippen LogP contribution in [0.5, 0.6) is 0 Å². The van der Waals surface area contributed by atoms with Crippen LogP contribution in [-0.4, -0.2) is 23.0 Å². The Morgan fingerprint density at radius 1 is 1.32 bits per heavy atom. The second-order valence-corrected chi connectivity index (χ2v) is 3.92. The Labute approximate surface area is 114 Å². The summed E-state index contributed by atoms with van der Waals surface area (Å²) in [5.74, 6) is -0.412. The number of nitrogens with one attached hydrogen (secondary N) is 1. The van der Waals surface area contributed by atoms with E-state index in [0.717, 1.165) is 5.69 Å². The number of carbonyl (C=O) groups excluding carboxylic acids is 1. The molecule has 2 aromatic rings. The lowest BCUT2D eigenvalue weighted by Crippen LogP contribution is -2.12. The summed E-state index contributed by atoms with van der Waals surface area (Å²) in [4.78, 5) is 19.2. The highest BCUT2D eigenvalue weighted by Gasteiger charge is 2.18. The van der Waals surface area contributed by atoms with Crippen molar-refractivity contribution in [2.75, 3.05) is 18.2 Å². The van der Waals surface area contributed by atoms with Crippen LogP contribution in [0.4, 0.5) is 17.2 Å². The summed E-state index contributed by atoms with van der Waals surface area (Å²) >= 11 is 5.76. The average molecular weight is 279 g/mol. The molecule has 0 aliphatic carbocycles. The van der Waals surface area contributed by atoms with E-state index in [9.17, 15) is 4.79 Å². The summed E-state index contributed by atoms with van der Waals surface area (Å²) in [7, 11) is 1.24. The minimum Gasteiger partial charge on any atom is -0.464 e. The van der Waals surface area contributed by atoms with Gasteiger partial charge in [-0.1, -0.05) is 18.2 Å². The van der Waals surface area contributed by atoms with Crippen molar-refractivity contribution in [1.82, 2.24) is 9.97 Å². The molecule has 0 radical (unpaired) electrons. The first-order chi connectivity index (χ1) is 9.11. The zero-order chi connectivity index (χ0) is 13.8. The van der Waals surface area contributed by atoms with Gasteiger partial charge in [0.15, 0.2) is 11.5 Å². The number of benzene rings is 1. The molecule has 7 heteroatoms. The minimum absolute atomic E-state index is 0.0686. The molecule has 19 heavy (non-hydrogen) atoms. The summed E-state index contributed by atoms with van der Waals surface area (Å²) < 4.78 is 4.58. The normalized spacial score (nSPS) is 10.0. The number of ether oxygens (including phenoxy) is 1. The van der Waals surface area contributed by atoms with Crippen molar-refractivity contribution in [3.63, 3.8) is 0 Å². The smallest absolute Gasteiger partial charge is 0.359 e. The van der Waals surface area contributed by atoms with Gasteiger partial charge >= 0.3 is 5.97 Å². The van der Waals surface area contributed by atoms with E-state index >= 15 is 0 Å². The summed E-state index contributed by atoms with van der Waals surface area (Å²) in [5, 5.41) is 2.87. The Balaban J connectivity index is 2.41. The van der Waals surface area contributed by atoms with Crippen LogP contribution >= 0.6 is 11.6 Å². The first-order valence-corrected chi connectivity index (χ1v) is 5.73. The molecule has 0 amide bonds. The van der Waals surface area contributed by atoms with Gasteiger partial charge in [-0.3, -0.25) is 0 Å². The zero-order valence-corrected chi connectivity index (χ0v) is 10.8. The standard InChI is InChI=1S/C12H11ClN4O2/c1-19-11(18)9-8(14)10(17-12(13)16-9)15-7-5-3-2-4-6-7/h2-6H,14H2,1H3,(H,15,16,17). The van der Waals surface area contributed by atoms with E-state index < -0.39 is 5.97 Å². The molecule has 1 aromatic carbocycles. The highest BCUT2D eigenvalue weighted by Crippen LogP contribution is 2.25. The number of rotatable bonds is 3. The minimum atomic E-state index is -0.669. The van der Waals surface area contributed by atoms with Crippen LogP contribution in [0.3, 0.4) is 0 Å². The number of carbonyl (C=O) groups is 1. The number of halogens is 1. The molecule has 0 fully saturated rings. The molecule has 2 rings (SSSR count). The fourth-order valence-corrected chi connectivity index (χ4v) is 1.62. The molecule has 0 aliphatic rings. The van der Waals surface area contributed by atoms with Crippen molar-refractivity contribution in [3.8, 4) is 0 Å². The monoisotopic (exact) mass is 278 g/mol. The summed E-state index contributed by atoms with van der Waals surface area (Å²) in [6, 6.07) is 9.23. The van der Waals surface area contributed by atoms with E-state index in [2.05, 4.69) is 20.0 Å². The molecular weight excluding hydrogens is 268 g/mol. The van der Waals surface area contributed by atoms with Crippen molar-refractivity contribution < 1.29 is 9.53 Å². The Morgan fingerprint density at radius 2 is 2.00 bits per heavy atom. The van der Waals surface area contributed by atoms with Gasteiger partial charge in [0.25, 0.3) is 0 Å². The molecule has 1 heterocycles. The first-order valence-electron chi connectivity index (χ1n) is 5.35. The number of anilines is 3. The van der Waals surface area contributed by atoms with Crippen molar-refractivity contribution >= 4 is 34.8 Å². The lowest BCUT2D eigenvalue weighted by Gasteiger charge is -2.10. The number of nitrogen functional groups attached to an aromatic ring is 1. The van der Waals surface area contributed by atoms with Crippen LogP contribution in [0.25, 0.3) is 0 Å². The van der Waals surface area contributed by atoms with Crippen molar-refractivity contribution in [2.45, 2.75) is 0 Å². The van der Waals surface area contributed by atoms with E-state index in [-0.39, 0.29) is 22.5 Å². The number of hydrogen-bond donors (Lipinski definition) is 2. The van der Waals surface area contributed by atoms with E-state index in [4.69, 9.17) is 17.3 Å². The predicted molar refractivity (Wildman–Crippen MR) is 72.5 cm³/mol. The third-order valence-corrected chi connectivity index (χ3v) is 2.50. The molecule has 6 nitrogen and oxygen atoms in total. The third-order valence-electron chi connectivity index (χ3n) is 2.33. The molecule has 0 aliphatic heterocycles. The second kappa shape index (κ2) is 5.53. The summed E-state index contributed by atoms with van der Waals surface area (Å²) in [6.45, 7) is 0. The Kier molecular flexibility index (Phi) is 3.82. The van der Waals surface area contributed by atoms with E-state index in [0.29, 0.717) is 0 Å². The maximum atomic E-state index is 11.5. The molecule has 0 bridgehead atoms. The van der Waals surface area contributed by atoms with Gasteiger partial charge in [0.2, 0.25) is 5.28 Å². The molecular formula is C12H11ClN4O2. The number of para-hydroxylation sites is 1. The highest BCUT2D eigenvalue weighted by molar-refractivity contribution is 6.28. The Morgan fingerprint density at radius 3 is 2.63 bits per heavy atom. The number of hydrogen-bond acceptors (Lipinski definition) is 6. The molecule has 0 atom stereocenters. The number of nitrogens with two attached hydrogens (primary N) is 1. The van der Waals surface area contributed by atoms with Gasteiger partial charge in [0.05, 0.1) is 7.11 Å². The van der Waals surface area contributed by atoms with Gasteiger partial charge in [-0.15, -0.1) is 0 Å². The third kappa shape index (κ3) is 2.92. The summed E-state index contributed by atoms with van der Waals surface area (Å²) in [5.41, 5.74) is 6.61. The van der Waals surface area contributed by atoms with Gasteiger partial charge in [-0.05, 0) is 23.7 Å². The highest BCUT2D eigenvalue weighted by atomic mass is 35.5. The maximum absolute atomic E-state index is 11.5. The molecule has 0 saturated carbocycles. The van der Waals surface area contributed by atoms with Gasteiger partial charge in [0.1, 0.15) is 5.69 Å². The molecule has 3 N–H and O–H groups in total. The molecule has 0 unspecified atom stereocenters. The number of nitrogens with zero attached hydrogens (tertiary/aromatic N) is 2. The van der Waals surface area contributed by atoms with Gasteiger partial charge in [-0.25, -0.2) is 9.78 Å². The van der Waals surface area contributed by atoms with E-state index in [1.807, 2.05) is 30.3 Å². The van der Waals surface area contributed by atoms with Crippen LogP contribution in [-0.2, 0) is 4.74 Å². The van der Waals surface area contributed by atoms with Crippen molar-refractivity contribution in [2.24, 2.45) is 0 Å². The first kappa shape index (κ1) is 13.1. The van der Waals surface area contributed by atoms with Crippen LogP contribution in [0.2, 0.25) is 5.28 Å².